The van der Waals surface area contributed by atoms with Crippen LogP contribution in [0.5, 0.6) is 0 Å². The van der Waals surface area contributed by atoms with Gasteiger partial charge in [0.05, 0.1) is 5.56 Å². The molecule has 0 radical (unpaired) electrons. The number of carboxylic acids is 1. The van der Waals surface area contributed by atoms with E-state index in [4.69, 9.17) is 5.11 Å². The van der Waals surface area contributed by atoms with E-state index in [1.807, 2.05) is 12.1 Å². The molecular weight excluding hydrogens is 312 g/mol. The Morgan fingerprint density at radius 1 is 1.08 bits per heavy atom. The molecule has 2 aromatic rings. The summed E-state index contributed by atoms with van der Waals surface area (Å²) in [5, 5.41) is 12.7. The minimum Gasteiger partial charge on any atom is -0.478 e. The summed E-state index contributed by atoms with van der Waals surface area (Å²) in [7, 11) is 0. The molecule has 4 heteroatoms. The van der Waals surface area contributed by atoms with Crippen molar-refractivity contribution in [3.63, 3.8) is 0 Å². The maximum absolute atomic E-state index is 10.9. The van der Waals surface area contributed by atoms with Crippen LogP contribution in [0.2, 0.25) is 0 Å². The first kappa shape index (κ1) is 16.3. The normalized spacial score (nSPS) is 23.2. The molecule has 2 atom stereocenters. The van der Waals surface area contributed by atoms with Crippen LogP contribution in [0.3, 0.4) is 0 Å². The van der Waals surface area contributed by atoms with Crippen molar-refractivity contribution in [2.75, 3.05) is 19.6 Å². The number of carbonyl (C=O) groups is 1. The lowest BCUT2D eigenvalue weighted by Gasteiger charge is -2.39. The van der Waals surface area contributed by atoms with Gasteiger partial charge in [0.1, 0.15) is 0 Å². The molecule has 0 amide bonds. The van der Waals surface area contributed by atoms with Crippen molar-refractivity contribution >= 4 is 5.97 Å². The summed E-state index contributed by atoms with van der Waals surface area (Å²) in [5.41, 5.74) is 3.00. The lowest BCUT2D eigenvalue weighted by Crippen LogP contribution is -2.50. The van der Waals surface area contributed by atoms with Crippen LogP contribution in [-0.2, 0) is 6.54 Å². The maximum Gasteiger partial charge on any atom is 0.335 e. The van der Waals surface area contributed by atoms with Crippen LogP contribution < -0.4 is 5.32 Å². The fourth-order valence-corrected chi connectivity index (χ4v) is 3.75. The summed E-state index contributed by atoms with van der Waals surface area (Å²) >= 11 is 0. The number of hydrogen-bond acceptors (Lipinski definition) is 3. The molecule has 1 saturated carbocycles. The van der Waals surface area contributed by atoms with Crippen LogP contribution in [0.25, 0.3) is 0 Å². The van der Waals surface area contributed by atoms with Crippen LogP contribution in [0.15, 0.2) is 54.6 Å². The Morgan fingerprint density at radius 2 is 1.80 bits per heavy atom. The third kappa shape index (κ3) is 3.91. The van der Waals surface area contributed by atoms with Crippen molar-refractivity contribution in [1.82, 2.24) is 10.2 Å². The molecule has 0 bridgehead atoms. The maximum atomic E-state index is 10.9. The molecule has 2 aliphatic rings. The molecular formula is C21H24N2O2. The highest BCUT2D eigenvalue weighted by molar-refractivity contribution is 5.87. The lowest BCUT2D eigenvalue weighted by atomic mass is 9.99. The summed E-state index contributed by atoms with van der Waals surface area (Å²) in [6.45, 7) is 4.25. The monoisotopic (exact) mass is 336 g/mol. The highest BCUT2D eigenvalue weighted by atomic mass is 16.4. The Labute approximate surface area is 148 Å². The number of aromatic carboxylic acids is 1. The minimum absolute atomic E-state index is 0.354. The second-order valence-electron chi connectivity index (χ2n) is 7.33. The molecule has 0 aromatic heterocycles. The zero-order valence-corrected chi connectivity index (χ0v) is 14.3. The summed E-state index contributed by atoms with van der Waals surface area (Å²) in [4.78, 5) is 13.3. The van der Waals surface area contributed by atoms with Gasteiger partial charge < -0.3 is 10.4 Å². The summed E-state index contributed by atoms with van der Waals surface area (Å²) in [6, 6.07) is 18.6. The van der Waals surface area contributed by atoms with Gasteiger partial charge in [0.25, 0.3) is 0 Å². The molecule has 4 rings (SSSR count). The highest BCUT2D eigenvalue weighted by Gasteiger charge is 2.38. The standard InChI is InChI=1S/C21H24N2O2/c24-21(25)18-8-6-15(7-9-18)12-23-13-16(14-23)11-22-20-10-19(20)17-4-2-1-3-5-17/h1-9,16,19-20,22H,10-14H2,(H,24,25)/t19-,20+/m0/s1. The Hall–Kier alpha value is -2.17. The van der Waals surface area contributed by atoms with Crippen molar-refractivity contribution in [2.45, 2.75) is 24.9 Å². The number of rotatable bonds is 7. The van der Waals surface area contributed by atoms with Gasteiger partial charge in [-0.25, -0.2) is 4.79 Å². The predicted molar refractivity (Wildman–Crippen MR) is 97.8 cm³/mol. The van der Waals surface area contributed by atoms with Gasteiger partial charge in [-0.1, -0.05) is 42.5 Å². The van der Waals surface area contributed by atoms with Crippen molar-refractivity contribution in [1.29, 1.82) is 0 Å². The number of hydrogen-bond donors (Lipinski definition) is 2. The molecule has 2 N–H and O–H groups in total. The number of likely N-dealkylation sites (tertiary alicyclic amines) is 1. The fourth-order valence-electron chi connectivity index (χ4n) is 3.75. The van der Waals surface area contributed by atoms with Crippen LogP contribution >= 0.6 is 0 Å². The van der Waals surface area contributed by atoms with E-state index in [-0.39, 0.29) is 0 Å². The average molecular weight is 336 g/mol. The minimum atomic E-state index is -0.865. The molecule has 2 aromatic carbocycles. The third-order valence-corrected chi connectivity index (χ3v) is 5.33. The van der Waals surface area contributed by atoms with Crippen molar-refractivity contribution in [3.05, 3.63) is 71.3 Å². The summed E-state index contributed by atoms with van der Waals surface area (Å²) in [5.74, 6) is 0.566. The molecule has 1 aliphatic carbocycles. The van der Waals surface area contributed by atoms with Gasteiger partial charge in [-0.05, 0) is 35.6 Å². The molecule has 1 saturated heterocycles. The predicted octanol–water partition coefficient (Wildman–Crippen LogP) is 2.96. The zero-order valence-electron chi connectivity index (χ0n) is 14.3. The molecule has 130 valence electrons. The average Bonchev–Trinajstić information content (AvgIpc) is 3.37. The van der Waals surface area contributed by atoms with E-state index in [2.05, 4.69) is 40.5 Å². The SMILES string of the molecule is O=C(O)c1ccc(CN2CC(CN[C@@H]3C[C@H]3c3ccccc3)C2)cc1. The Balaban J connectivity index is 1.16. The summed E-state index contributed by atoms with van der Waals surface area (Å²) in [6.07, 6.45) is 1.26. The van der Waals surface area contributed by atoms with E-state index in [1.54, 1.807) is 12.1 Å². The second kappa shape index (κ2) is 6.98. The molecule has 4 nitrogen and oxygen atoms in total. The number of carboxylic acid groups (broad SMARTS) is 1. The molecule has 0 spiro atoms. The van der Waals surface area contributed by atoms with Gasteiger partial charge in [-0.15, -0.1) is 0 Å². The number of nitrogens with zero attached hydrogens (tertiary/aromatic N) is 1. The van der Waals surface area contributed by atoms with Gasteiger partial charge in [0.15, 0.2) is 0 Å². The van der Waals surface area contributed by atoms with E-state index < -0.39 is 5.97 Å². The second-order valence-corrected chi connectivity index (χ2v) is 7.33. The number of nitrogens with one attached hydrogen (secondary N) is 1. The van der Waals surface area contributed by atoms with Crippen LogP contribution in [0, 0.1) is 5.92 Å². The van der Waals surface area contributed by atoms with Crippen LogP contribution in [-0.4, -0.2) is 41.7 Å². The van der Waals surface area contributed by atoms with E-state index in [1.165, 1.54) is 17.5 Å². The van der Waals surface area contributed by atoms with E-state index in [9.17, 15) is 4.79 Å². The lowest BCUT2D eigenvalue weighted by molar-refractivity contribution is 0.0696. The molecule has 25 heavy (non-hydrogen) atoms. The topological polar surface area (TPSA) is 52.6 Å². The Morgan fingerprint density at radius 3 is 2.48 bits per heavy atom. The fraction of sp³-hybridized carbons (Fsp3) is 0.381. The summed E-state index contributed by atoms with van der Waals surface area (Å²) < 4.78 is 0. The molecule has 1 aliphatic heterocycles. The van der Waals surface area contributed by atoms with Crippen LogP contribution in [0.1, 0.15) is 33.8 Å². The first-order chi connectivity index (χ1) is 12.2. The van der Waals surface area contributed by atoms with Gasteiger partial charge in [0, 0.05) is 38.1 Å². The Kier molecular flexibility index (Phi) is 4.55. The number of benzene rings is 2. The van der Waals surface area contributed by atoms with E-state index in [0.717, 1.165) is 32.1 Å². The quantitative estimate of drug-likeness (QED) is 0.816. The highest BCUT2D eigenvalue weighted by Crippen LogP contribution is 2.40. The zero-order chi connectivity index (χ0) is 17.2. The third-order valence-electron chi connectivity index (χ3n) is 5.33. The first-order valence-electron chi connectivity index (χ1n) is 9.02. The van der Waals surface area contributed by atoms with Gasteiger partial charge in [0.2, 0.25) is 0 Å². The van der Waals surface area contributed by atoms with Gasteiger partial charge >= 0.3 is 5.97 Å². The largest absolute Gasteiger partial charge is 0.478 e. The van der Waals surface area contributed by atoms with E-state index >= 15 is 0 Å². The van der Waals surface area contributed by atoms with Gasteiger partial charge in [-0.2, -0.15) is 0 Å². The first-order valence-corrected chi connectivity index (χ1v) is 9.02. The Bertz CT molecular complexity index is 723. The van der Waals surface area contributed by atoms with Crippen LogP contribution in [0.4, 0.5) is 0 Å². The molecule has 2 fully saturated rings. The smallest absolute Gasteiger partial charge is 0.335 e. The van der Waals surface area contributed by atoms with E-state index in [0.29, 0.717) is 17.5 Å². The molecule has 0 unspecified atom stereocenters. The van der Waals surface area contributed by atoms with Gasteiger partial charge in [-0.3, -0.25) is 4.90 Å². The van der Waals surface area contributed by atoms with Crippen molar-refractivity contribution in [2.24, 2.45) is 5.92 Å². The van der Waals surface area contributed by atoms with Crippen molar-refractivity contribution in [3.8, 4) is 0 Å². The van der Waals surface area contributed by atoms with Crippen molar-refractivity contribution < 1.29 is 9.90 Å². The molecule has 1 heterocycles.